The Morgan fingerprint density at radius 3 is 2.60 bits per heavy atom. The number of rotatable bonds is 6. The summed E-state index contributed by atoms with van der Waals surface area (Å²) < 4.78 is 15.5. The second-order valence-corrected chi connectivity index (χ2v) is 5.03. The SMILES string of the molecule is COc1ccc(-c2noc(C(=O)NCc3ccncc3)n2)cc1OC. The van der Waals surface area contributed by atoms with Crippen LogP contribution in [-0.4, -0.2) is 35.3 Å². The van der Waals surface area contributed by atoms with Crippen molar-refractivity contribution < 1.29 is 18.8 Å². The molecule has 2 heterocycles. The zero-order chi connectivity index (χ0) is 17.6. The van der Waals surface area contributed by atoms with Gasteiger partial charge in [0, 0.05) is 24.5 Å². The average molecular weight is 340 g/mol. The fourth-order valence-corrected chi connectivity index (χ4v) is 2.17. The van der Waals surface area contributed by atoms with Gasteiger partial charge in [-0.25, -0.2) is 0 Å². The molecule has 0 aliphatic heterocycles. The molecule has 8 nitrogen and oxygen atoms in total. The van der Waals surface area contributed by atoms with E-state index in [-0.39, 0.29) is 11.7 Å². The fraction of sp³-hybridized carbons (Fsp3) is 0.176. The minimum Gasteiger partial charge on any atom is -0.493 e. The highest BCUT2D eigenvalue weighted by Crippen LogP contribution is 2.31. The van der Waals surface area contributed by atoms with Crippen LogP contribution in [0.5, 0.6) is 11.5 Å². The van der Waals surface area contributed by atoms with Crippen molar-refractivity contribution >= 4 is 5.91 Å². The van der Waals surface area contributed by atoms with Crippen LogP contribution >= 0.6 is 0 Å². The van der Waals surface area contributed by atoms with Gasteiger partial charge in [-0.1, -0.05) is 5.16 Å². The maximum Gasteiger partial charge on any atom is 0.316 e. The number of pyridine rings is 1. The Bertz CT molecular complexity index is 864. The van der Waals surface area contributed by atoms with Gasteiger partial charge in [-0.05, 0) is 35.9 Å². The lowest BCUT2D eigenvalue weighted by atomic mass is 10.2. The highest BCUT2D eigenvalue weighted by molar-refractivity contribution is 5.89. The van der Waals surface area contributed by atoms with E-state index in [9.17, 15) is 4.79 Å². The molecule has 0 unspecified atom stereocenters. The van der Waals surface area contributed by atoms with Crippen molar-refractivity contribution in [3.63, 3.8) is 0 Å². The lowest BCUT2D eigenvalue weighted by Crippen LogP contribution is -2.23. The third-order valence-corrected chi connectivity index (χ3v) is 3.46. The number of methoxy groups -OCH3 is 2. The van der Waals surface area contributed by atoms with Crippen LogP contribution in [0.2, 0.25) is 0 Å². The number of nitrogens with one attached hydrogen (secondary N) is 1. The van der Waals surface area contributed by atoms with Gasteiger partial charge in [0.05, 0.1) is 14.2 Å². The van der Waals surface area contributed by atoms with Crippen molar-refractivity contribution in [1.82, 2.24) is 20.4 Å². The predicted octanol–water partition coefficient (Wildman–Crippen LogP) is 2.08. The number of hydrogen-bond acceptors (Lipinski definition) is 7. The van der Waals surface area contributed by atoms with Gasteiger partial charge in [0.25, 0.3) is 0 Å². The quantitative estimate of drug-likeness (QED) is 0.733. The molecular formula is C17H16N4O4. The molecule has 0 saturated heterocycles. The number of carbonyl (C=O) groups is 1. The zero-order valence-corrected chi connectivity index (χ0v) is 13.7. The third-order valence-electron chi connectivity index (χ3n) is 3.46. The van der Waals surface area contributed by atoms with E-state index in [0.717, 1.165) is 5.56 Å². The molecule has 1 amide bonds. The van der Waals surface area contributed by atoms with E-state index < -0.39 is 5.91 Å². The van der Waals surface area contributed by atoms with E-state index in [0.29, 0.717) is 23.6 Å². The molecule has 1 aromatic carbocycles. The number of carbonyl (C=O) groups excluding carboxylic acids is 1. The van der Waals surface area contributed by atoms with E-state index in [1.165, 1.54) is 7.11 Å². The first-order valence-electron chi connectivity index (χ1n) is 7.44. The molecule has 3 aromatic rings. The van der Waals surface area contributed by atoms with Gasteiger partial charge in [0.2, 0.25) is 5.82 Å². The minimum atomic E-state index is -0.448. The molecule has 0 aliphatic carbocycles. The molecule has 0 aliphatic rings. The van der Waals surface area contributed by atoms with E-state index >= 15 is 0 Å². The van der Waals surface area contributed by atoms with E-state index in [1.807, 2.05) is 12.1 Å². The van der Waals surface area contributed by atoms with Gasteiger partial charge in [0.15, 0.2) is 11.5 Å². The number of ether oxygens (including phenoxy) is 2. The molecular weight excluding hydrogens is 324 g/mol. The summed E-state index contributed by atoms with van der Waals surface area (Å²) in [6.07, 6.45) is 3.31. The van der Waals surface area contributed by atoms with E-state index in [4.69, 9.17) is 14.0 Å². The van der Waals surface area contributed by atoms with Gasteiger partial charge in [-0.2, -0.15) is 4.98 Å². The summed E-state index contributed by atoms with van der Waals surface area (Å²) in [5, 5.41) is 6.55. The van der Waals surface area contributed by atoms with Crippen LogP contribution in [-0.2, 0) is 6.54 Å². The van der Waals surface area contributed by atoms with Crippen LogP contribution < -0.4 is 14.8 Å². The molecule has 3 rings (SSSR count). The maximum absolute atomic E-state index is 12.1. The Balaban J connectivity index is 1.72. The largest absolute Gasteiger partial charge is 0.493 e. The molecule has 0 atom stereocenters. The second kappa shape index (κ2) is 7.43. The molecule has 2 aromatic heterocycles. The van der Waals surface area contributed by atoms with Crippen LogP contribution in [0.25, 0.3) is 11.4 Å². The summed E-state index contributed by atoms with van der Waals surface area (Å²) in [6, 6.07) is 8.81. The van der Waals surface area contributed by atoms with Gasteiger partial charge in [0.1, 0.15) is 0 Å². The lowest BCUT2D eigenvalue weighted by molar-refractivity contribution is 0.0907. The highest BCUT2D eigenvalue weighted by atomic mass is 16.5. The Morgan fingerprint density at radius 2 is 1.88 bits per heavy atom. The number of amides is 1. The van der Waals surface area contributed by atoms with Crippen molar-refractivity contribution in [2.75, 3.05) is 14.2 Å². The topological polar surface area (TPSA) is 99.4 Å². The number of benzene rings is 1. The monoisotopic (exact) mass is 340 g/mol. The number of aromatic nitrogens is 3. The normalized spacial score (nSPS) is 10.3. The van der Waals surface area contributed by atoms with Crippen LogP contribution in [0, 0.1) is 0 Å². The Labute approximate surface area is 143 Å². The molecule has 0 fully saturated rings. The molecule has 0 spiro atoms. The first kappa shape index (κ1) is 16.4. The fourth-order valence-electron chi connectivity index (χ4n) is 2.17. The summed E-state index contributed by atoms with van der Waals surface area (Å²) in [5.41, 5.74) is 1.57. The summed E-state index contributed by atoms with van der Waals surface area (Å²) in [7, 11) is 3.09. The first-order chi connectivity index (χ1) is 12.2. The Hall–Kier alpha value is -3.42. The third kappa shape index (κ3) is 3.74. The standard InChI is InChI=1S/C17H16N4O4/c1-23-13-4-3-12(9-14(13)24-2)15-20-17(25-21-15)16(22)19-10-11-5-7-18-8-6-11/h3-9H,10H2,1-2H3,(H,19,22). The smallest absolute Gasteiger partial charge is 0.316 e. The van der Waals surface area contributed by atoms with Gasteiger partial charge >= 0.3 is 11.8 Å². The molecule has 0 saturated carbocycles. The zero-order valence-electron chi connectivity index (χ0n) is 13.7. The van der Waals surface area contributed by atoms with E-state index in [1.54, 1.807) is 37.7 Å². The van der Waals surface area contributed by atoms with Crippen molar-refractivity contribution in [3.8, 4) is 22.9 Å². The average Bonchev–Trinajstić information content (AvgIpc) is 3.16. The number of nitrogens with zero attached hydrogens (tertiary/aromatic N) is 3. The van der Waals surface area contributed by atoms with Crippen LogP contribution in [0.4, 0.5) is 0 Å². The van der Waals surface area contributed by atoms with Gasteiger partial charge in [-0.3, -0.25) is 9.78 Å². The summed E-state index contributed by atoms with van der Waals surface area (Å²) in [4.78, 5) is 20.2. The first-order valence-corrected chi connectivity index (χ1v) is 7.44. The highest BCUT2D eigenvalue weighted by Gasteiger charge is 2.17. The number of hydrogen-bond donors (Lipinski definition) is 1. The van der Waals surface area contributed by atoms with Crippen molar-refractivity contribution in [2.45, 2.75) is 6.54 Å². The van der Waals surface area contributed by atoms with Crippen molar-refractivity contribution in [2.24, 2.45) is 0 Å². The van der Waals surface area contributed by atoms with Gasteiger partial charge in [-0.15, -0.1) is 0 Å². The Morgan fingerprint density at radius 1 is 1.12 bits per heavy atom. The summed E-state index contributed by atoms with van der Waals surface area (Å²) >= 11 is 0. The summed E-state index contributed by atoms with van der Waals surface area (Å²) in [5.74, 6) is 0.850. The maximum atomic E-state index is 12.1. The predicted molar refractivity (Wildman–Crippen MR) is 88.2 cm³/mol. The van der Waals surface area contributed by atoms with Crippen molar-refractivity contribution in [1.29, 1.82) is 0 Å². The van der Waals surface area contributed by atoms with E-state index in [2.05, 4.69) is 20.4 Å². The second-order valence-electron chi connectivity index (χ2n) is 5.03. The van der Waals surface area contributed by atoms with Gasteiger partial charge < -0.3 is 19.3 Å². The van der Waals surface area contributed by atoms with Crippen molar-refractivity contribution in [3.05, 3.63) is 54.2 Å². The molecule has 0 bridgehead atoms. The molecule has 128 valence electrons. The Kier molecular flexibility index (Phi) is 4.89. The molecule has 25 heavy (non-hydrogen) atoms. The van der Waals surface area contributed by atoms with Crippen LogP contribution in [0.3, 0.4) is 0 Å². The van der Waals surface area contributed by atoms with Crippen LogP contribution in [0.15, 0.2) is 47.2 Å². The minimum absolute atomic E-state index is 0.112. The lowest BCUT2D eigenvalue weighted by Gasteiger charge is -2.07. The summed E-state index contributed by atoms with van der Waals surface area (Å²) in [6.45, 7) is 0.343. The molecule has 0 radical (unpaired) electrons. The molecule has 8 heteroatoms. The van der Waals surface area contributed by atoms with Crippen LogP contribution in [0.1, 0.15) is 16.2 Å². The molecule has 1 N–H and O–H groups in total.